The zero-order chi connectivity index (χ0) is 91.8. The van der Waals surface area contributed by atoms with Crippen LogP contribution >= 0.6 is 0 Å². The Bertz CT molecular complexity index is 4890. The average Bonchev–Trinajstić information content (AvgIpc) is 1.63. The molecule has 12 N–H and O–H groups in total. The topological polar surface area (TPSA) is 476 Å². The molecule has 12 atom stereocenters. The van der Waals surface area contributed by atoms with Crippen molar-refractivity contribution in [3.05, 3.63) is 179 Å². The van der Waals surface area contributed by atoms with Crippen LogP contribution in [0.2, 0.25) is 0 Å². The Morgan fingerprint density at radius 1 is 0.349 bits per heavy atom. The summed E-state index contributed by atoms with van der Waals surface area (Å²) in [5, 5.41) is 57.4. The van der Waals surface area contributed by atoms with E-state index in [1.807, 2.05) is 45.0 Å². The monoisotopic (exact) mass is 1780 g/mol. The van der Waals surface area contributed by atoms with Gasteiger partial charge in [-0.1, -0.05) is 91.0 Å². The molecule has 12 unspecified atom stereocenters. The van der Waals surface area contributed by atoms with E-state index in [1.54, 1.807) is 85.8 Å². The quantitative estimate of drug-likeness (QED) is 0.0232. The highest BCUT2D eigenvalue weighted by molar-refractivity contribution is 6.01. The number of Topliss-reactive ketones (excluding diaryl/α,β-unsaturated/α-hetero) is 3. The predicted octanol–water partition coefficient (Wildman–Crippen LogP) is 0.559. The van der Waals surface area contributed by atoms with E-state index in [-0.39, 0.29) is 155 Å². The molecule has 6 aromatic rings. The Morgan fingerprint density at radius 2 is 0.636 bits per heavy atom. The Labute approximate surface area is 747 Å². The molecule has 36 nitrogen and oxygen atoms in total. The molecule has 0 aliphatic carbocycles. The first-order chi connectivity index (χ1) is 62.0. The number of benzene rings is 6. The number of ketones is 3. The van der Waals surface area contributed by atoms with E-state index in [1.165, 1.54) is 58.2 Å². The van der Waals surface area contributed by atoms with Crippen molar-refractivity contribution < 1.29 is 115 Å². The number of epoxide rings is 3. The fourth-order valence-corrected chi connectivity index (χ4v) is 15.6. The van der Waals surface area contributed by atoms with Gasteiger partial charge in [-0.05, 0) is 117 Å². The van der Waals surface area contributed by atoms with Gasteiger partial charge in [0, 0.05) is 89.6 Å². The van der Waals surface area contributed by atoms with Crippen molar-refractivity contribution in [2.45, 2.75) is 150 Å². The van der Waals surface area contributed by atoms with Gasteiger partial charge in [0.2, 0.25) is 53.2 Å². The number of morpholine rings is 3. The molecule has 6 aliphatic heterocycles. The normalized spacial score (nSPS) is 20.5. The summed E-state index contributed by atoms with van der Waals surface area (Å²) in [6, 6.07) is 28.0. The highest BCUT2D eigenvalue weighted by Gasteiger charge is 2.56. The highest BCUT2D eigenvalue weighted by Crippen LogP contribution is 2.38. The van der Waals surface area contributed by atoms with Crippen LogP contribution in [-0.4, -0.2) is 310 Å². The lowest BCUT2D eigenvalue weighted by Gasteiger charge is -2.27. The van der Waals surface area contributed by atoms with Gasteiger partial charge in [-0.15, -0.1) is 0 Å². The van der Waals surface area contributed by atoms with Crippen molar-refractivity contribution in [2.75, 3.05) is 139 Å². The van der Waals surface area contributed by atoms with Crippen LogP contribution in [0.15, 0.2) is 146 Å². The summed E-state index contributed by atoms with van der Waals surface area (Å²) in [6.45, 7) is 11.3. The number of hydrogen-bond acceptors (Lipinski definition) is 27. The lowest BCUT2D eigenvalue weighted by Crippen LogP contribution is -2.57. The number of hydrogen-bond donors (Lipinski definition) is 12. The second-order valence-electron chi connectivity index (χ2n) is 33.7. The highest BCUT2D eigenvalue weighted by atomic mass is 16.6. The molecule has 6 fully saturated rings. The Hall–Kier alpha value is -12.0. The first kappa shape index (κ1) is 96.1. The van der Waals surface area contributed by atoms with Crippen LogP contribution in [0.3, 0.4) is 0 Å². The van der Waals surface area contributed by atoms with E-state index in [0.717, 1.165) is 11.6 Å². The molecule has 129 heavy (non-hydrogen) atoms. The summed E-state index contributed by atoms with van der Waals surface area (Å²) in [4.78, 5) is 177. The van der Waals surface area contributed by atoms with Crippen LogP contribution in [0.1, 0.15) is 73.9 Å². The summed E-state index contributed by atoms with van der Waals surface area (Å²) < 4.78 is 52.2. The second kappa shape index (κ2) is 45.3. The van der Waals surface area contributed by atoms with E-state index >= 15 is 14.4 Å². The van der Waals surface area contributed by atoms with Crippen molar-refractivity contribution >= 4 is 70.5 Å². The van der Waals surface area contributed by atoms with Gasteiger partial charge in [-0.3, -0.25) is 72.2 Å². The van der Waals surface area contributed by atoms with Gasteiger partial charge in [0.15, 0.2) is 28.6 Å². The maximum atomic E-state index is 15.4. The van der Waals surface area contributed by atoms with E-state index in [9.17, 15) is 58.5 Å². The van der Waals surface area contributed by atoms with E-state index in [2.05, 4.69) is 47.9 Å². The van der Waals surface area contributed by atoms with Crippen molar-refractivity contribution in [3.63, 3.8) is 0 Å². The lowest BCUT2D eigenvalue weighted by molar-refractivity contribution is -0.134. The number of methoxy groups -OCH3 is 1. The number of ether oxygens (including phenoxy) is 9. The Morgan fingerprint density at radius 3 is 0.961 bits per heavy atom. The zero-order valence-corrected chi connectivity index (χ0v) is 73.1. The third kappa shape index (κ3) is 28.7. The number of rotatable bonds is 48. The largest absolute Gasteiger partial charge is 0.508 e. The van der Waals surface area contributed by atoms with E-state index < -0.39 is 136 Å². The molecule has 0 spiro atoms. The Kier molecular flexibility index (Phi) is 33.8. The first-order valence-electron chi connectivity index (χ1n) is 43.5. The number of amides is 9. The third-order valence-electron chi connectivity index (χ3n) is 23.3. The average molecular weight is 1790 g/mol. The molecule has 0 bridgehead atoms. The SMILES string of the molecule is COc1cc(CC(NC(=O)C(C)NC(=O)CN2CCOCC2)C(=O)NC(Cc2ccccc2)C(=O)C2(C)CO2)cc(OCCC2(C(=O)C(Cc3ccccc3)NC(=O)C(Cc3cc(O)cc(OCCC4(C(=O)C(Cc5ccccc5)NC(=O)C(Cc5cc(O)cc(O)c5)NC(=O)C(C)NC(=O)CN5CCOCC5)CO4)c3)NC(=O)C(C)NC(=O)CN3CCOCC3)CO2)c1. The van der Waals surface area contributed by atoms with Gasteiger partial charge in [0.25, 0.3) is 0 Å². The third-order valence-corrected chi connectivity index (χ3v) is 23.3. The van der Waals surface area contributed by atoms with Gasteiger partial charge in [-0.2, -0.15) is 0 Å². The summed E-state index contributed by atoms with van der Waals surface area (Å²) in [7, 11) is 1.43. The number of aromatic hydroxyl groups is 3. The van der Waals surface area contributed by atoms with Crippen molar-refractivity contribution in [3.8, 4) is 34.5 Å². The first-order valence-corrected chi connectivity index (χ1v) is 43.5. The number of phenols is 3. The second-order valence-corrected chi connectivity index (χ2v) is 33.7. The maximum absolute atomic E-state index is 15.4. The number of carbonyl (C=O) groups is 12. The minimum absolute atomic E-state index is 0.00201. The molecule has 0 saturated carbocycles. The van der Waals surface area contributed by atoms with E-state index in [0.29, 0.717) is 95.6 Å². The van der Waals surface area contributed by atoms with Crippen molar-refractivity contribution in [1.29, 1.82) is 0 Å². The summed E-state index contributed by atoms with van der Waals surface area (Å²) >= 11 is 0. The summed E-state index contributed by atoms with van der Waals surface area (Å²) in [5.74, 6) is -7.79. The molecule has 692 valence electrons. The Balaban J connectivity index is 0.740. The van der Waals surface area contributed by atoms with Crippen LogP contribution in [-0.2, 0) is 124 Å². The van der Waals surface area contributed by atoms with Crippen molar-refractivity contribution in [1.82, 2.24) is 62.6 Å². The number of carbonyl (C=O) groups excluding carboxylic acids is 12. The predicted molar refractivity (Wildman–Crippen MR) is 466 cm³/mol. The molecule has 6 aromatic carbocycles. The van der Waals surface area contributed by atoms with Gasteiger partial charge in [0.05, 0.1) is 118 Å². The summed E-state index contributed by atoms with van der Waals surface area (Å²) in [6.07, 6.45) is -0.973. The van der Waals surface area contributed by atoms with Crippen LogP contribution in [0, 0.1) is 0 Å². The number of phenolic OH excluding ortho intramolecular Hbond substituents is 3. The standard InChI is InChI=1S/C93H116N12O24/c1-58(94-79(109)52-103-23-31-122-32-24-103)85(115)100-76(46-64-37-67(106)49-68(107)38-64)89(119)98-74(44-62-17-11-7-12-18-62)83(113)92(56-128-92)21-29-125-71-41-65(39-69(108)50-71)47-77(101-86(116)59(2)95-80(110)53-104-25-33-123-34-26-104)90(120)99-75(45-63-19-13-8-14-20-63)84(114)93(57-129-93)22-30-126-72-42-66(40-70(51-72)121-5)48-78(102-87(117)60(3)96-81(111)54-105-27-35-124-36-28-105)88(118)97-73(82(112)91(4)55-127-91)43-61-15-9-6-10-16-61/h6-20,37-42,49-51,58-60,73-78,106-108H,21-36,43-48,52-57H2,1-5H3,(H,94,109)(H,95,110)(H,96,111)(H,97,118)(H,98,119)(H,99,120)(H,100,115)(H,101,116)(H,102,117). The van der Waals surface area contributed by atoms with Gasteiger partial charge < -0.3 is 106 Å². The molecule has 0 aromatic heterocycles. The molecule has 0 radical (unpaired) electrons. The molecule has 6 aliphatic rings. The molecule has 6 saturated heterocycles. The van der Waals surface area contributed by atoms with Crippen molar-refractivity contribution in [2.24, 2.45) is 0 Å². The fraction of sp³-hybridized carbons (Fsp3) is 0.484. The molecular weight excluding hydrogens is 1670 g/mol. The van der Waals surface area contributed by atoms with Crippen LogP contribution in [0.25, 0.3) is 0 Å². The lowest BCUT2D eigenvalue weighted by atomic mass is 9.91. The van der Waals surface area contributed by atoms with Gasteiger partial charge in [-0.25, -0.2) is 0 Å². The van der Waals surface area contributed by atoms with Crippen LogP contribution in [0.5, 0.6) is 34.5 Å². The smallest absolute Gasteiger partial charge is 0.243 e. The number of nitrogens with zero attached hydrogens (tertiary/aromatic N) is 3. The molecule has 6 heterocycles. The zero-order valence-electron chi connectivity index (χ0n) is 73.1. The molecule has 12 rings (SSSR count). The van der Waals surface area contributed by atoms with Gasteiger partial charge >= 0.3 is 0 Å². The summed E-state index contributed by atoms with van der Waals surface area (Å²) in [5.41, 5.74) is -1.23. The number of nitrogens with one attached hydrogen (secondary N) is 9. The van der Waals surface area contributed by atoms with Crippen LogP contribution in [0.4, 0.5) is 0 Å². The minimum atomic E-state index is -1.53. The fourth-order valence-electron chi connectivity index (χ4n) is 15.6. The maximum Gasteiger partial charge on any atom is 0.243 e. The molecular formula is C93H116N12O24. The molecule has 9 amide bonds. The molecule has 36 heteroatoms. The minimum Gasteiger partial charge on any atom is -0.508 e. The van der Waals surface area contributed by atoms with E-state index in [4.69, 9.17) is 42.6 Å². The van der Waals surface area contributed by atoms with Crippen LogP contribution < -0.4 is 62.1 Å². The van der Waals surface area contributed by atoms with Gasteiger partial charge in [0.1, 0.15) is 76.3 Å².